The van der Waals surface area contributed by atoms with Crippen molar-refractivity contribution in [1.82, 2.24) is 4.98 Å². The Bertz CT molecular complexity index is 355. The molecular weight excluding hydrogens is 196 g/mol. The molecule has 14 heavy (non-hydrogen) atoms. The van der Waals surface area contributed by atoms with E-state index in [1.54, 1.807) is 6.92 Å². The molecule has 1 amide bonds. The zero-order valence-electron chi connectivity index (χ0n) is 8.63. The first-order valence-electron chi connectivity index (χ1n) is 4.53. The van der Waals surface area contributed by atoms with Gasteiger partial charge in [-0.3, -0.25) is 10.1 Å². The zero-order valence-corrected chi connectivity index (χ0v) is 9.44. The van der Waals surface area contributed by atoms with E-state index in [1.807, 2.05) is 25.3 Å². The summed E-state index contributed by atoms with van der Waals surface area (Å²) in [7, 11) is 0. The Labute approximate surface area is 87.9 Å². The predicted molar refractivity (Wildman–Crippen MR) is 59.5 cm³/mol. The smallest absolute Gasteiger partial charge is 0.252 e. The van der Waals surface area contributed by atoms with Crippen molar-refractivity contribution in [3.63, 3.8) is 0 Å². The summed E-state index contributed by atoms with van der Waals surface area (Å²) < 4.78 is 0. The Morgan fingerprint density at radius 3 is 2.93 bits per heavy atom. The normalized spacial score (nSPS) is 11.5. The van der Waals surface area contributed by atoms with E-state index in [9.17, 15) is 4.79 Å². The SMILES string of the molecule is CCC=C(C)C(=O)Nc1nc(C)cs1. The summed E-state index contributed by atoms with van der Waals surface area (Å²) in [6.07, 6.45) is 2.77. The molecule has 0 aliphatic carbocycles. The molecule has 0 spiro atoms. The van der Waals surface area contributed by atoms with E-state index in [1.165, 1.54) is 11.3 Å². The molecule has 0 saturated carbocycles. The molecule has 0 aliphatic rings. The second kappa shape index (κ2) is 4.91. The molecule has 0 bridgehead atoms. The molecule has 4 heteroatoms. The molecule has 3 nitrogen and oxygen atoms in total. The molecule has 0 fully saturated rings. The van der Waals surface area contributed by atoms with Crippen LogP contribution in [0.2, 0.25) is 0 Å². The van der Waals surface area contributed by atoms with Crippen LogP contribution >= 0.6 is 11.3 Å². The highest BCUT2D eigenvalue weighted by atomic mass is 32.1. The lowest BCUT2D eigenvalue weighted by atomic mass is 10.2. The lowest BCUT2D eigenvalue weighted by molar-refractivity contribution is -0.112. The third-order valence-corrected chi connectivity index (χ3v) is 2.58. The Morgan fingerprint density at radius 2 is 2.43 bits per heavy atom. The maximum atomic E-state index is 11.5. The van der Waals surface area contributed by atoms with Crippen molar-refractivity contribution in [3.8, 4) is 0 Å². The first kappa shape index (κ1) is 10.9. The Hall–Kier alpha value is -1.16. The number of carbonyl (C=O) groups is 1. The number of carbonyl (C=O) groups excluding carboxylic acids is 1. The van der Waals surface area contributed by atoms with Gasteiger partial charge >= 0.3 is 0 Å². The molecule has 0 aromatic carbocycles. The van der Waals surface area contributed by atoms with Gasteiger partial charge in [0.1, 0.15) is 0 Å². The van der Waals surface area contributed by atoms with Crippen molar-refractivity contribution >= 4 is 22.4 Å². The maximum absolute atomic E-state index is 11.5. The summed E-state index contributed by atoms with van der Waals surface area (Å²) in [6.45, 7) is 5.71. The molecule has 1 aromatic rings. The van der Waals surface area contributed by atoms with Gasteiger partial charge < -0.3 is 0 Å². The molecule has 1 heterocycles. The highest BCUT2D eigenvalue weighted by Crippen LogP contribution is 2.15. The summed E-state index contributed by atoms with van der Waals surface area (Å²) in [5.74, 6) is -0.0683. The Kier molecular flexibility index (Phi) is 3.83. The number of nitrogens with zero attached hydrogens (tertiary/aromatic N) is 1. The lowest BCUT2D eigenvalue weighted by Crippen LogP contribution is -2.12. The number of aryl methyl sites for hydroxylation is 1. The van der Waals surface area contributed by atoms with E-state index in [2.05, 4.69) is 10.3 Å². The number of allylic oxidation sites excluding steroid dienone is 1. The number of thiazole rings is 1. The fourth-order valence-electron chi connectivity index (χ4n) is 1.01. The number of rotatable bonds is 3. The minimum absolute atomic E-state index is 0.0683. The summed E-state index contributed by atoms with van der Waals surface area (Å²) in [5.41, 5.74) is 1.67. The maximum Gasteiger partial charge on any atom is 0.252 e. The van der Waals surface area contributed by atoms with Crippen molar-refractivity contribution in [2.75, 3.05) is 5.32 Å². The minimum atomic E-state index is -0.0683. The van der Waals surface area contributed by atoms with Crippen LogP contribution in [0.1, 0.15) is 26.0 Å². The quantitative estimate of drug-likeness (QED) is 0.779. The molecular formula is C10H14N2OS. The lowest BCUT2D eigenvalue weighted by Gasteiger charge is -2.00. The number of anilines is 1. The van der Waals surface area contributed by atoms with E-state index < -0.39 is 0 Å². The van der Waals surface area contributed by atoms with Gasteiger partial charge in [0.25, 0.3) is 5.91 Å². The second-order valence-electron chi connectivity index (χ2n) is 3.04. The molecule has 1 aromatic heterocycles. The molecule has 0 radical (unpaired) electrons. The van der Waals surface area contributed by atoms with Crippen LogP contribution in [-0.4, -0.2) is 10.9 Å². The van der Waals surface area contributed by atoms with E-state index in [0.717, 1.165) is 17.7 Å². The molecule has 76 valence electrons. The van der Waals surface area contributed by atoms with E-state index >= 15 is 0 Å². The van der Waals surface area contributed by atoms with Gasteiger partial charge in [-0.15, -0.1) is 11.3 Å². The van der Waals surface area contributed by atoms with Crippen molar-refractivity contribution in [2.45, 2.75) is 27.2 Å². The third kappa shape index (κ3) is 2.96. The van der Waals surface area contributed by atoms with Crippen LogP contribution < -0.4 is 5.32 Å². The molecule has 1 rings (SSSR count). The topological polar surface area (TPSA) is 42.0 Å². The van der Waals surface area contributed by atoms with Crippen LogP contribution in [0.5, 0.6) is 0 Å². The molecule has 0 aliphatic heterocycles. The van der Waals surface area contributed by atoms with Gasteiger partial charge in [0.15, 0.2) is 5.13 Å². The van der Waals surface area contributed by atoms with Gasteiger partial charge in [-0.2, -0.15) is 0 Å². The van der Waals surface area contributed by atoms with Crippen LogP contribution in [0.15, 0.2) is 17.0 Å². The minimum Gasteiger partial charge on any atom is -0.298 e. The average Bonchev–Trinajstić information content (AvgIpc) is 2.51. The van der Waals surface area contributed by atoms with E-state index in [4.69, 9.17) is 0 Å². The largest absolute Gasteiger partial charge is 0.298 e. The highest BCUT2D eigenvalue weighted by molar-refractivity contribution is 7.13. The van der Waals surface area contributed by atoms with Gasteiger partial charge in [0, 0.05) is 11.0 Å². The van der Waals surface area contributed by atoms with Gasteiger partial charge in [0.2, 0.25) is 0 Å². The van der Waals surface area contributed by atoms with Gasteiger partial charge in [-0.05, 0) is 20.3 Å². The summed E-state index contributed by atoms with van der Waals surface area (Å²) in [5, 5.41) is 5.32. The van der Waals surface area contributed by atoms with Gasteiger partial charge in [-0.25, -0.2) is 4.98 Å². The second-order valence-corrected chi connectivity index (χ2v) is 3.90. The average molecular weight is 210 g/mol. The van der Waals surface area contributed by atoms with E-state index in [0.29, 0.717) is 5.13 Å². The van der Waals surface area contributed by atoms with Crippen molar-refractivity contribution in [2.24, 2.45) is 0 Å². The van der Waals surface area contributed by atoms with Crippen molar-refractivity contribution < 1.29 is 4.79 Å². The first-order valence-corrected chi connectivity index (χ1v) is 5.41. The predicted octanol–water partition coefficient (Wildman–Crippen LogP) is 2.75. The number of hydrogen-bond acceptors (Lipinski definition) is 3. The van der Waals surface area contributed by atoms with Crippen LogP contribution in [-0.2, 0) is 4.79 Å². The van der Waals surface area contributed by atoms with Gasteiger partial charge in [0.05, 0.1) is 5.69 Å². The highest BCUT2D eigenvalue weighted by Gasteiger charge is 2.06. The Balaban J connectivity index is 2.61. The fraction of sp³-hybridized carbons (Fsp3) is 0.400. The molecule has 0 unspecified atom stereocenters. The number of hydrogen-bond donors (Lipinski definition) is 1. The number of aromatic nitrogens is 1. The van der Waals surface area contributed by atoms with Crippen molar-refractivity contribution in [3.05, 3.63) is 22.7 Å². The summed E-state index contributed by atoms with van der Waals surface area (Å²) in [6, 6.07) is 0. The monoisotopic (exact) mass is 210 g/mol. The first-order chi connectivity index (χ1) is 6.63. The van der Waals surface area contributed by atoms with Crippen LogP contribution in [0.3, 0.4) is 0 Å². The number of amides is 1. The number of nitrogens with one attached hydrogen (secondary N) is 1. The van der Waals surface area contributed by atoms with Crippen LogP contribution in [0.4, 0.5) is 5.13 Å². The van der Waals surface area contributed by atoms with Gasteiger partial charge in [-0.1, -0.05) is 13.0 Å². The van der Waals surface area contributed by atoms with Crippen molar-refractivity contribution in [1.29, 1.82) is 0 Å². The molecule has 1 N–H and O–H groups in total. The summed E-state index contributed by atoms with van der Waals surface area (Å²) >= 11 is 1.44. The van der Waals surface area contributed by atoms with E-state index in [-0.39, 0.29) is 5.91 Å². The Morgan fingerprint density at radius 1 is 1.71 bits per heavy atom. The van der Waals surface area contributed by atoms with Crippen LogP contribution in [0.25, 0.3) is 0 Å². The third-order valence-electron chi connectivity index (χ3n) is 1.71. The zero-order chi connectivity index (χ0) is 10.6. The molecule has 0 atom stereocenters. The standard InChI is InChI=1S/C10H14N2OS/c1-4-5-7(2)9(13)12-10-11-8(3)6-14-10/h5-6H,4H2,1-3H3,(H,11,12,13). The molecule has 0 saturated heterocycles. The fourth-order valence-corrected chi connectivity index (χ4v) is 1.69. The summed E-state index contributed by atoms with van der Waals surface area (Å²) in [4.78, 5) is 15.7. The van der Waals surface area contributed by atoms with Crippen LogP contribution in [0, 0.1) is 6.92 Å².